The minimum atomic E-state index is -3.45. The van der Waals surface area contributed by atoms with Crippen LogP contribution in [0.5, 0.6) is 0 Å². The fourth-order valence-electron chi connectivity index (χ4n) is 4.79. The minimum Gasteiger partial charge on any atom is -0.381 e. The number of hydrogen-bond donors (Lipinski definition) is 0. The zero-order valence-corrected chi connectivity index (χ0v) is 17.8. The molecule has 0 amide bonds. The Balaban J connectivity index is 1.44. The molecule has 0 radical (unpaired) electrons. The minimum absolute atomic E-state index is 0.0151. The van der Waals surface area contributed by atoms with Gasteiger partial charge in [-0.15, -0.1) is 10.2 Å². The van der Waals surface area contributed by atoms with Crippen molar-refractivity contribution in [2.45, 2.75) is 43.4 Å². The van der Waals surface area contributed by atoms with Crippen LogP contribution in [-0.4, -0.2) is 53.8 Å². The lowest BCUT2D eigenvalue weighted by Gasteiger charge is -2.37. The van der Waals surface area contributed by atoms with E-state index in [2.05, 4.69) is 14.8 Å². The predicted octanol–water partition coefficient (Wildman–Crippen LogP) is 2.99. The lowest BCUT2D eigenvalue weighted by molar-refractivity contribution is 0.0129. The second-order valence-corrected chi connectivity index (χ2v) is 10.9. The largest absolute Gasteiger partial charge is 0.381 e. The molecule has 2 saturated heterocycles. The molecule has 1 unspecified atom stereocenters. The van der Waals surface area contributed by atoms with E-state index in [4.69, 9.17) is 16.3 Å². The van der Waals surface area contributed by atoms with Crippen molar-refractivity contribution in [3.63, 3.8) is 0 Å². The van der Waals surface area contributed by atoms with Gasteiger partial charge in [-0.1, -0.05) is 23.7 Å². The van der Waals surface area contributed by atoms with E-state index in [0.29, 0.717) is 37.4 Å². The summed E-state index contributed by atoms with van der Waals surface area (Å²) in [4.78, 5) is 0. The van der Waals surface area contributed by atoms with Crippen molar-refractivity contribution in [2.75, 3.05) is 26.3 Å². The third kappa shape index (κ3) is 3.71. The maximum absolute atomic E-state index is 13.3. The molecule has 1 spiro atoms. The Labute approximate surface area is 176 Å². The summed E-state index contributed by atoms with van der Waals surface area (Å²) in [6, 6.07) is 7.49. The smallest absolute Gasteiger partial charge is 0.218 e. The molecule has 1 atom stereocenters. The molecule has 1 aliphatic carbocycles. The fraction of sp³-hybridized carbons (Fsp3) is 0.600. The standard InChI is InChI=1S/C20H25ClN4O3S/c21-16-3-1-15(2-4-16)12-29(26,27)24-11-18(20(13-24)7-9-28-10-8-20)19-23-22-14-25(19)17-5-6-17/h1-4,14,17-18H,5-13H2. The van der Waals surface area contributed by atoms with Gasteiger partial charge in [0, 0.05) is 43.3 Å². The van der Waals surface area contributed by atoms with Crippen LogP contribution >= 0.6 is 11.6 Å². The zero-order valence-electron chi connectivity index (χ0n) is 16.2. The molecule has 156 valence electrons. The molecule has 29 heavy (non-hydrogen) atoms. The summed E-state index contributed by atoms with van der Waals surface area (Å²) in [5.41, 5.74) is 0.616. The van der Waals surface area contributed by atoms with E-state index in [-0.39, 0.29) is 17.1 Å². The maximum atomic E-state index is 13.3. The molecular weight excluding hydrogens is 412 g/mol. The second-order valence-electron chi connectivity index (χ2n) is 8.53. The van der Waals surface area contributed by atoms with E-state index in [0.717, 1.165) is 37.1 Å². The molecule has 7 nitrogen and oxygen atoms in total. The molecule has 1 aromatic heterocycles. The molecule has 9 heteroatoms. The van der Waals surface area contributed by atoms with Crippen molar-refractivity contribution in [3.05, 3.63) is 47.0 Å². The Morgan fingerprint density at radius 3 is 2.59 bits per heavy atom. The molecule has 3 fully saturated rings. The van der Waals surface area contributed by atoms with Gasteiger partial charge in [0.15, 0.2) is 0 Å². The highest BCUT2D eigenvalue weighted by molar-refractivity contribution is 7.88. The third-order valence-electron chi connectivity index (χ3n) is 6.61. The highest BCUT2D eigenvalue weighted by atomic mass is 35.5. The number of hydrogen-bond acceptors (Lipinski definition) is 5. The number of aromatic nitrogens is 3. The maximum Gasteiger partial charge on any atom is 0.218 e. The SMILES string of the molecule is O=S(=O)(Cc1ccc(Cl)cc1)N1CC(c2nncn2C2CC2)C2(CCOCC2)C1. The summed E-state index contributed by atoms with van der Waals surface area (Å²) in [5.74, 6) is 0.979. The van der Waals surface area contributed by atoms with Crippen LogP contribution < -0.4 is 0 Å². The number of halogens is 1. The summed E-state index contributed by atoms with van der Waals surface area (Å²) in [5, 5.41) is 9.23. The Kier molecular flexibility index (Phi) is 4.93. The molecule has 0 bridgehead atoms. The Morgan fingerprint density at radius 2 is 1.90 bits per heavy atom. The number of sulfonamides is 1. The van der Waals surface area contributed by atoms with Crippen molar-refractivity contribution in [1.82, 2.24) is 19.1 Å². The van der Waals surface area contributed by atoms with Gasteiger partial charge in [-0.3, -0.25) is 0 Å². The van der Waals surface area contributed by atoms with Crippen molar-refractivity contribution in [3.8, 4) is 0 Å². The quantitative estimate of drug-likeness (QED) is 0.720. The average molecular weight is 437 g/mol. The monoisotopic (exact) mass is 436 g/mol. The van der Waals surface area contributed by atoms with E-state index >= 15 is 0 Å². The van der Waals surface area contributed by atoms with Crippen LogP contribution in [0.3, 0.4) is 0 Å². The van der Waals surface area contributed by atoms with Gasteiger partial charge >= 0.3 is 0 Å². The Morgan fingerprint density at radius 1 is 1.17 bits per heavy atom. The Hall–Kier alpha value is -1.48. The van der Waals surface area contributed by atoms with E-state index < -0.39 is 10.0 Å². The van der Waals surface area contributed by atoms with Crippen LogP contribution in [-0.2, 0) is 20.5 Å². The van der Waals surface area contributed by atoms with E-state index in [1.165, 1.54) is 0 Å². The first-order chi connectivity index (χ1) is 14.0. The number of nitrogens with zero attached hydrogens (tertiary/aromatic N) is 4. The van der Waals surface area contributed by atoms with Gasteiger partial charge in [0.2, 0.25) is 10.0 Å². The molecule has 3 heterocycles. The van der Waals surface area contributed by atoms with Crippen molar-refractivity contribution >= 4 is 21.6 Å². The van der Waals surface area contributed by atoms with Crippen molar-refractivity contribution in [2.24, 2.45) is 5.41 Å². The predicted molar refractivity (Wildman–Crippen MR) is 109 cm³/mol. The molecule has 0 N–H and O–H groups in total. The number of benzene rings is 1. The summed E-state index contributed by atoms with van der Waals surface area (Å²) in [6.07, 6.45) is 5.80. The van der Waals surface area contributed by atoms with Gasteiger partial charge in [0.25, 0.3) is 0 Å². The van der Waals surface area contributed by atoms with Gasteiger partial charge < -0.3 is 9.30 Å². The van der Waals surface area contributed by atoms with E-state index in [9.17, 15) is 8.42 Å². The van der Waals surface area contributed by atoms with Gasteiger partial charge in [0.1, 0.15) is 12.2 Å². The van der Waals surface area contributed by atoms with Crippen LogP contribution in [0.4, 0.5) is 0 Å². The van der Waals surface area contributed by atoms with E-state index in [1.54, 1.807) is 28.6 Å². The number of rotatable bonds is 5. The highest BCUT2D eigenvalue weighted by Gasteiger charge is 2.53. The summed E-state index contributed by atoms with van der Waals surface area (Å²) < 4.78 is 36.0. The zero-order chi connectivity index (χ0) is 20.1. The van der Waals surface area contributed by atoms with Crippen LogP contribution in [0.15, 0.2) is 30.6 Å². The first-order valence-electron chi connectivity index (χ1n) is 10.2. The average Bonchev–Trinajstić information content (AvgIpc) is 3.32. The van der Waals surface area contributed by atoms with Gasteiger partial charge in [-0.2, -0.15) is 0 Å². The summed E-state index contributed by atoms with van der Waals surface area (Å²) >= 11 is 5.94. The van der Waals surface area contributed by atoms with Gasteiger partial charge in [-0.05, 0) is 48.8 Å². The lowest BCUT2D eigenvalue weighted by atomic mass is 9.72. The van der Waals surface area contributed by atoms with E-state index in [1.807, 2.05) is 6.33 Å². The second kappa shape index (κ2) is 7.34. The normalized spacial score (nSPS) is 24.9. The van der Waals surface area contributed by atoms with Gasteiger partial charge in [0.05, 0.1) is 5.75 Å². The Bertz CT molecular complexity index is 981. The van der Waals surface area contributed by atoms with Crippen molar-refractivity contribution < 1.29 is 13.2 Å². The summed E-state index contributed by atoms with van der Waals surface area (Å²) in [6.45, 7) is 2.31. The molecule has 2 aliphatic heterocycles. The third-order valence-corrected chi connectivity index (χ3v) is 8.63. The first kappa shape index (κ1) is 19.5. The highest BCUT2D eigenvalue weighted by Crippen LogP contribution is 2.51. The first-order valence-corrected chi connectivity index (χ1v) is 12.1. The van der Waals surface area contributed by atoms with Crippen LogP contribution in [0.2, 0.25) is 5.02 Å². The van der Waals surface area contributed by atoms with Crippen molar-refractivity contribution in [1.29, 1.82) is 0 Å². The fourth-order valence-corrected chi connectivity index (χ4v) is 6.55. The molecule has 5 rings (SSSR count). The molecule has 2 aromatic rings. The van der Waals surface area contributed by atoms with Crippen LogP contribution in [0.1, 0.15) is 49.0 Å². The van der Waals surface area contributed by atoms with Crippen LogP contribution in [0, 0.1) is 5.41 Å². The molecule has 1 saturated carbocycles. The summed E-state index contributed by atoms with van der Waals surface area (Å²) in [7, 11) is -3.45. The van der Waals surface area contributed by atoms with Gasteiger partial charge in [-0.25, -0.2) is 12.7 Å². The number of ether oxygens (including phenoxy) is 1. The van der Waals surface area contributed by atoms with Crippen LogP contribution in [0.25, 0.3) is 0 Å². The molecule has 1 aromatic carbocycles. The molecule has 3 aliphatic rings. The lowest BCUT2D eigenvalue weighted by Crippen LogP contribution is -2.38. The topological polar surface area (TPSA) is 77.3 Å². The molecular formula is C20H25ClN4O3S.